The van der Waals surface area contributed by atoms with Gasteiger partial charge in [-0.05, 0) is 6.92 Å². The molecule has 1 heteroatoms. The number of hydrogen-bond acceptors (Lipinski definition) is 0. The van der Waals surface area contributed by atoms with Gasteiger partial charge in [0.15, 0.2) is 0 Å². The average Bonchev–Trinajstić information content (AvgIpc) is 3.37. The van der Waals surface area contributed by atoms with Crippen LogP contribution in [0.15, 0.2) is 78.9 Å². The molecule has 164 valence electrons. The molecular formula is C31H36Ti. The van der Waals surface area contributed by atoms with Crippen LogP contribution < -0.4 is 0 Å². The summed E-state index contributed by atoms with van der Waals surface area (Å²) >= 11 is 0. The molecule has 0 fully saturated rings. The molecule has 3 aromatic carbocycles. The number of rotatable bonds is 0. The van der Waals surface area contributed by atoms with Crippen molar-refractivity contribution in [2.45, 2.75) is 41.0 Å². The largest absolute Gasteiger partial charge is 4.00 e. The van der Waals surface area contributed by atoms with Gasteiger partial charge in [-0.3, -0.25) is 6.08 Å². The molecule has 1 aliphatic rings. The van der Waals surface area contributed by atoms with Crippen LogP contribution in [0, 0.1) is 61.5 Å². The second kappa shape index (κ2) is 16.1. The van der Waals surface area contributed by atoms with Crippen molar-refractivity contribution in [3.05, 3.63) is 150 Å². The van der Waals surface area contributed by atoms with Crippen LogP contribution in [0.2, 0.25) is 0 Å². The Morgan fingerprint density at radius 3 is 1.19 bits per heavy atom. The van der Waals surface area contributed by atoms with E-state index in [1.54, 1.807) is 0 Å². The molecule has 0 N–H and O–H groups in total. The van der Waals surface area contributed by atoms with Gasteiger partial charge >= 0.3 is 21.7 Å². The normalized spacial score (nSPS) is 10.4. The van der Waals surface area contributed by atoms with Crippen LogP contribution in [0.3, 0.4) is 0 Å². The summed E-state index contributed by atoms with van der Waals surface area (Å²) in [6, 6.07) is 19.7. The van der Waals surface area contributed by atoms with Crippen LogP contribution in [0.5, 0.6) is 0 Å². The fraction of sp³-hybridized carbons (Fsp3) is 0.194. The fourth-order valence-corrected chi connectivity index (χ4v) is 2.87. The Labute approximate surface area is 212 Å². The molecule has 0 heterocycles. The Morgan fingerprint density at radius 1 is 0.594 bits per heavy atom. The van der Waals surface area contributed by atoms with Gasteiger partial charge in [-0.2, -0.15) is 67.8 Å². The monoisotopic (exact) mass is 456 g/mol. The Bertz CT molecular complexity index is 812. The Hall–Kier alpha value is -2.54. The van der Waals surface area contributed by atoms with Gasteiger partial charge in [-0.25, -0.2) is 12.2 Å². The van der Waals surface area contributed by atoms with Crippen molar-refractivity contribution < 1.29 is 21.7 Å². The van der Waals surface area contributed by atoms with Crippen LogP contribution in [-0.2, 0) is 21.7 Å². The van der Waals surface area contributed by atoms with Crippen LogP contribution in [-0.4, -0.2) is 0 Å². The standard InChI is InChI=1S/C12H17.2C7H7.C5H5.Ti/c1-7-8(2)10(4)12(6)11(5)9(7)3;2*1-7-5-3-2-4-6-7;1-2-4-5-3-1;/h1H2,2-6H3;2*2-6H,1H2;1-3H,4H2;/q4*-1;+4. The van der Waals surface area contributed by atoms with Crippen molar-refractivity contribution in [1.29, 1.82) is 0 Å². The molecule has 0 saturated carbocycles. The van der Waals surface area contributed by atoms with Gasteiger partial charge in [0, 0.05) is 0 Å². The van der Waals surface area contributed by atoms with E-state index in [1.165, 1.54) is 33.4 Å². The first-order valence-electron chi connectivity index (χ1n) is 10.6. The third kappa shape index (κ3) is 10.7. The third-order valence-corrected chi connectivity index (χ3v) is 5.43. The summed E-state index contributed by atoms with van der Waals surface area (Å²) in [6.07, 6.45) is 10.0. The zero-order valence-corrected chi connectivity index (χ0v) is 21.9. The smallest absolute Gasteiger partial charge is 0.273 e. The first kappa shape index (κ1) is 29.5. The van der Waals surface area contributed by atoms with Crippen molar-refractivity contribution in [2.24, 2.45) is 0 Å². The topological polar surface area (TPSA) is 0 Å². The van der Waals surface area contributed by atoms with E-state index in [9.17, 15) is 0 Å². The van der Waals surface area contributed by atoms with E-state index < -0.39 is 0 Å². The van der Waals surface area contributed by atoms with E-state index in [0.717, 1.165) is 17.5 Å². The Balaban J connectivity index is 0.000000417. The minimum Gasteiger partial charge on any atom is -0.273 e. The molecule has 0 aromatic heterocycles. The molecular weight excluding hydrogens is 420 g/mol. The maximum Gasteiger partial charge on any atom is 4.00 e. The summed E-state index contributed by atoms with van der Waals surface area (Å²) in [5.41, 5.74) is 10.2. The maximum atomic E-state index is 4.08. The molecule has 0 radical (unpaired) electrons. The van der Waals surface area contributed by atoms with Gasteiger partial charge in [-0.15, -0.1) is 52.9 Å². The zero-order valence-electron chi connectivity index (χ0n) is 20.3. The summed E-state index contributed by atoms with van der Waals surface area (Å²) < 4.78 is 0. The molecule has 0 atom stereocenters. The molecule has 0 aliphatic heterocycles. The predicted octanol–water partition coefficient (Wildman–Crippen LogP) is 8.45. The summed E-state index contributed by atoms with van der Waals surface area (Å²) in [6.45, 7) is 22.4. The van der Waals surface area contributed by atoms with E-state index in [-0.39, 0.29) is 21.7 Å². The summed E-state index contributed by atoms with van der Waals surface area (Å²) in [5, 5.41) is 0. The molecule has 0 amide bonds. The van der Waals surface area contributed by atoms with Crippen LogP contribution in [0.25, 0.3) is 0 Å². The molecule has 0 saturated heterocycles. The average molecular weight is 456 g/mol. The molecule has 3 aromatic rings. The second-order valence-electron chi connectivity index (χ2n) is 7.58. The van der Waals surface area contributed by atoms with Crippen molar-refractivity contribution in [2.75, 3.05) is 0 Å². The van der Waals surface area contributed by atoms with E-state index >= 15 is 0 Å². The first-order chi connectivity index (χ1) is 14.8. The molecule has 1 aliphatic carbocycles. The zero-order chi connectivity index (χ0) is 23.2. The Morgan fingerprint density at radius 2 is 0.969 bits per heavy atom. The van der Waals surface area contributed by atoms with Crippen LogP contribution >= 0.6 is 0 Å². The molecule has 0 bridgehead atoms. The minimum absolute atomic E-state index is 0. The first-order valence-corrected chi connectivity index (χ1v) is 10.6. The van der Waals surface area contributed by atoms with Gasteiger partial charge < -0.3 is 0 Å². The predicted molar refractivity (Wildman–Crippen MR) is 138 cm³/mol. The summed E-state index contributed by atoms with van der Waals surface area (Å²) in [4.78, 5) is 0. The summed E-state index contributed by atoms with van der Waals surface area (Å²) in [7, 11) is 0. The molecule has 32 heavy (non-hydrogen) atoms. The van der Waals surface area contributed by atoms with Gasteiger partial charge in [-0.1, -0.05) is 45.4 Å². The van der Waals surface area contributed by atoms with Gasteiger partial charge in [0.25, 0.3) is 0 Å². The van der Waals surface area contributed by atoms with E-state index in [0.29, 0.717) is 0 Å². The quantitative estimate of drug-likeness (QED) is 0.235. The van der Waals surface area contributed by atoms with Crippen molar-refractivity contribution in [3.63, 3.8) is 0 Å². The van der Waals surface area contributed by atoms with Crippen LogP contribution in [0.1, 0.15) is 50.9 Å². The van der Waals surface area contributed by atoms with E-state index in [2.05, 4.69) is 67.5 Å². The molecule has 0 nitrogen and oxygen atoms in total. The van der Waals surface area contributed by atoms with Crippen molar-refractivity contribution >= 4 is 0 Å². The van der Waals surface area contributed by atoms with Gasteiger partial charge in [0.2, 0.25) is 0 Å². The third-order valence-electron chi connectivity index (χ3n) is 5.43. The SMILES string of the molecule is [C-]1=CC=CC1.[CH2-]c1c(C)c(C)c(C)c(C)c1C.[CH2-]c1ccccc1.[CH2-]c1ccccc1.[Ti+4]. The molecule has 4 rings (SSSR count). The van der Waals surface area contributed by atoms with Crippen molar-refractivity contribution in [1.82, 2.24) is 0 Å². The number of benzene rings is 3. The molecule has 0 unspecified atom stereocenters. The Kier molecular flexibility index (Phi) is 14.9. The summed E-state index contributed by atoms with van der Waals surface area (Å²) in [5.74, 6) is 0. The number of allylic oxidation sites excluding steroid dienone is 4. The number of hydrogen-bond donors (Lipinski definition) is 0. The van der Waals surface area contributed by atoms with Crippen molar-refractivity contribution in [3.8, 4) is 0 Å². The van der Waals surface area contributed by atoms with Gasteiger partial charge in [0.05, 0.1) is 0 Å². The second-order valence-corrected chi connectivity index (χ2v) is 7.58. The van der Waals surface area contributed by atoms with Gasteiger partial charge in [0.1, 0.15) is 0 Å². The van der Waals surface area contributed by atoms with Crippen LogP contribution in [0.4, 0.5) is 0 Å². The minimum atomic E-state index is 0. The molecule has 0 spiro atoms. The fourth-order valence-electron chi connectivity index (χ4n) is 2.87. The van der Waals surface area contributed by atoms with E-state index in [4.69, 9.17) is 0 Å². The van der Waals surface area contributed by atoms with E-state index in [1.807, 2.05) is 72.8 Å². The maximum absolute atomic E-state index is 4.08.